The summed E-state index contributed by atoms with van der Waals surface area (Å²) in [6, 6.07) is 0. The van der Waals surface area contributed by atoms with E-state index in [0.717, 1.165) is 0 Å². The van der Waals surface area contributed by atoms with E-state index in [9.17, 15) is 43.2 Å². The van der Waals surface area contributed by atoms with E-state index in [0.29, 0.717) is 0 Å². The first-order valence-corrected chi connectivity index (χ1v) is 6.22. The fourth-order valence-electron chi connectivity index (χ4n) is 0.351. The van der Waals surface area contributed by atoms with Crippen molar-refractivity contribution in [2.24, 2.45) is 0 Å². The summed E-state index contributed by atoms with van der Waals surface area (Å²) in [5.74, 6) is 0. The topological polar surface area (TPSA) is 77.5 Å². The van der Waals surface area contributed by atoms with Crippen LogP contribution in [0.4, 0.5) is 26.3 Å². The van der Waals surface area contributed by atoms with Gasteiger partial charge in [0.2, 0.25) is 0 Å². The number of rotatable bonds is 6. The summed E-state index contributed by atoms with van der Waals surface area (Å²) in [6.07, 6.45) is 0. The molecular formula is C4H4F6O5S2. The zero-order valence-corrected chi connectivity index (χ0v) is 9.17. The third kappa shape index (κ3) is 3.22. The first kappa shape index (κ1) is 16.4. The molecule has 0 aliphatic heterocycles. The van der Waals surface area contributed by atoms with Gasteiger partial charge in [-0.2, -0.15) is 34.4 Å². The van der Waals surface area contributed by atoms with Crippen molar-refractivity contribution in [2.45, 2.75) is 10.5 Å². The van der Waals surface area contributed by atoms with Crippen molar-refractivity contribution in [3.05, 3.63) is 0 Å². The van der Waals surface area contributed by atoms with Gasteiger partial charge in [0.1, 0.15) is 0 Å². The van der Waals surface area contributed by atoms with Crippen molar-refractivity contribution in [2.75, 3.05) is 13.3 Å². The van der Waals surface area contributed by atoms with Crippen LogP contribution in [0.5, 0.6) is 0 Å². The number of hydrogen-bond acceptors (Lipinski definition) is 5. The van der Waals surface area contributed by atoms with Gasteiger partial charge >= 0.3 is 30.7 Å². The predicted molar refractivity (Wildman–Crippen MR) is 40.8 cm³/mol. The molecule has 0 bridgehead atoms. The Morgan fingerprint density at radius 2 is 1.00 bits per heavy atom. The lowest BCUT2D eigenvalue weighted by Crippen LogP contribution is -2.40. The highest BCUT2D eigenvalue weighted by molar-refractivity contribution is 8.00. The summed E-state index contributed by atoms with van der Waals surface area (Å²) in [6.45, 7) is -5.79. The Balaban J connectivity index is 5.40. The minimum atomic E-state index is -6.50. The lowest BCUT2D eigenvalue weighted by Gasteiger charge is -2.16. The van der Waals surface area contributed by atoms with E-state index >= 15 is 0 Å². The molecule has 0 aliphatic rings. The highest BCUT2D eigenvalue weighted by atomic mass is 32.3. The SMILES string of the molecule is O=S(=O)(OS(=O)(=O)C(F)(F)CF)C(F)(F)CF. The van der Waals surface area contributed by atoms with Crippen molar-refractivity contribution < 1.29 is 46.8 Å². The van der Waals surface area contributed by atoms with Gasteiger partial charge in [-0.3, -0.25) is 0 Å². The van der Waals surface area contributed by atoms with Crippen LogP contribution in [0.3, 0.4) is 0 Å². The third-order valence-electron chi connectivity index (χ3n) is 1.22. The molecule has 0 unspecified atom stereocenters. The lowest BCUT2D eigenvalue weighted by atomic mass is 10.8. The lowest BCUT2D eigenvalue weighted by molar-refractivity contribution is 0.0433. The molecule has 0 amide bonds. The van der Waals surface area contributed by atoms with E-state index in [4.69, 9.17) is 0 Å². The van der Waals surface area contributed by atoms with Crippen LogP contribution in [-0.4, -0.2) is 40.7 Å². The van der Waals surface area contributed by atoms with Gasteiger partial charge in [0.25, 0.3) is 0 Å². The monoisotopic (exact) mass is 310 g/mol. The highest BCUT2D eigenvalue weighted by Gasteiger charge is 2.56. The van der Waals surface area contributed by atoms with Crippen LogP contribution in [0, 0.1) is 0 Å². The Morgan fingerprint density at radius 3 is 1.18 bits per heavy atom. The summed E-state index contributed by atoms with van der Waals surface area (Å²) in [7, 11) is -13.0. The van der Waals surface area contributed by atoms with Gasteiger partial charge in [-0.1, -0.05) is 0 Å². The molecule has 0 rings (SSSR count). The maximum Gasteiger partial charge on any atom is 0.398 e. The zero-order chi connectivity index (χ0) is 14.1. The predicted octanol–water partition coefficient (Wildman–Crippen LogP) is 0.787. The average Bonchev–Trinajstić information content (AvgIpc) is 2.15. The molecule has 0 heterocycles. The molecule has 0 saturated heterocycles. The fourth-order valence-corrected chi connectivity index (χ4v) is 2.36. The molecule has 0 spiro atoms. The molecule has 0 atom stereocenters. The smallest absolute Gasteiger partial charge is 0.243 e. The molecule has 5 nitrogen and oxygen atoms in total. The molecule has 0 aromatic carbocycles. The molecule has 17 heavy (non-hydrogen) atoms. The van der Waals surface area contributed by atoms with E-state index in [1.165, 1.54) is 0 Å². The normalized spacial score (nSPS) is 14.9. The first-order chi connectivity index (χ1) is 7.33. The van der Waals surface area contributed by atoms with E-state index in [1.807, 2.05) is 0 Å². The second-order valence-corrected chi connectivity index (χ2v) is 6.07. The van der Waals surface area contributed by atoms with Gasteiger partial charge in [0, 0.05) is 0 Å². The minimum absolute atomic E-state index is 2.50. The quantitative estimate of drug-likeness (QED) is 0.678. The molecule has 0 aromatic heterocycles. The van der Waals surface area contributed by atoms with Crippen LogP contribution in [0.25, 0.3) is 0 Å². The van der Waals surface area contributed by atoms with Crippen molar-refractivity contribution in [3.8, 4) is 0 Å². The fraction of sp³-hybridized carbons (Fsp3) is 1.00. The van der Waals surface area contributed by atoms with Crippen molar-refractivity contribution >= 4 is 20.2 Å². The van der Waals surface area contributed by atoms with Gasteiger partial charge in [0.15, 0.2) is 13.3 Å². The first-order valence-electron chi connectivity index (χ1n) is 3.41. The molecular weight excluding hydrogens is 306 g/mol. The van der Waals surface area contributed by atoms with Gasteiger partial charge < -0.3 is 0 Å². The van der Waals surface area contributed by atoms with Crippen LogP contribution in [0.2, 0.25) is 0 Å². The van der Waals surface area contributed by atoms with E-state index < -0.39 is 44.1 Å². The summed E-state index contributed by atoms with van der Waals surface area (Å²) in [5.41, 5.74) is 0. The number of hydrogen-bond donors (Lipinski definition) is 0. The molecule has 0 aliphatic carbocycles. The zero-order valence-electron chi connectivity index (χ0n) is 7.54. The van der Waals surface area contributed by atoms with Gasteiger partial charge in [-0.15, -0.1) is 3.63 Å². The Morgan fingerprint density at radius 1 is 0.765 bits per heavy atom. The molecule has 0 N–H and O–H groups in total. The highest BCUT2D eigenvalue weighted by Crippen LogP contribution is 2.31. The summed E-state index contributed by atoms with van der Waals surface area (Å²) in [4.78, 5) is 0. The second-order valence-electron chi connectivity index (χ2n) is 2.52. The Labute approximate surface area is 91.6 Å². The van der Waals surface area contributed by atoms with Gasteiger partial charge in [-0.05, 0) is 0 Å². The van der Waals surface area contributed by atoms with Gasteiger partial charge in [-0.25, -0.2) is 8.78 Å². The van der Waals surface area contributed by atoms with Crippen molar-refractivity contribution in [1.82, 2.24) is 0 Å². The molecule has 13 heteroatoms. The third-order valence-corrected chi connectivity index (χ3v) is 4.34. The van der Waals surface area contributed by atoms with Crippen LogP contribution in [0.1, 0.15) is 0 Å². The Kier molecular flexibility index (Phi) is 4.45. The number of alkyl halides is 6. The molecule has 0 saturated carbocycles. The summed E-state index contributed by atoms with van der Waals surface area (Å²) in [5, 5.41) is -10.7. The van der Waals surface area contributed by atoms with E-state index in [2.05, 4.69) is 3.63 Å². The standard InChI is InChI=1S/C4H4F6O5S2/c5-1-3(7,8)16(11,12)15-17(13,14)4(9,10)2-6/h1-2H2. The van der Waals surface area contributed by atoms with Crippen molar-refractivity contribution in [3.63, 3.8) is 0 Å². The van der Waals surface area contributed by atoms with Crippen LogP contribution >= 0.6 is 0 Å². The Bertz CT molecular complexity index is 423. The molecule has 0 aromatic rings. The van der Waals surface area contributed by atoms with E-state index in [1.54, 1.807) is 0 Å². The summed E-state index contributed by atoms with van der Waals surface area (Å²) < 4.78 is 116. The number of halogens is 6. The summed E-state index contributed by atoms with van der Waals surface area (Å²) >= 11 is 0. The molecule has 0 radical (unpaired) electrons. The maximum atomic E-state index is 12.3. The van der Waals surface area contributed by atoms with Crippen molar-refractivity contribution in [1.29, 1.82) is 0 Å². The minimum Gasteiger partial charge on any atom is -0.243 e. The largest absolute Gasteiger partial charge is 0.398 e. The van der Waals surface area contributed by atoms with Crippen LogP contribution in [-0.2, 0) is 23.9 Å². The molecule has 0 fully saturated rings. The second kappa shape index (κ2) is 4.61. The maximum absolute atomic E-state index is 12.3. The van der Waals surface area contributed by atoms with E-state index in [-0.39, 0.29) is 0 Å². The van der Waals surface area contributed by atoms with Crippen LogP contribution in [0.15, 0.2) is 0 Å². The van der Waals surface area contributed by atoms with Crippen LogP contribution < -0.4 is 0 Å². The van der Waals surface area contributed by atoms with Gasteiger partial charge in [0.05, 0.1) is 0 Å². The molecule has 104 valence electrons. The Hall–Kier alpha value is -0.560. The average molecular weight is 310 g/mol.